The van der Waals surface area contributed by atoms with Crippen LogP contribution in [0.1, 0.15) is 47.7 Å². The van der Waals surface area contributed by atoms with Crippen LogP contribution in [0, 0.1) is 13.8 Å². The third-order valence-electron chi connectivity index (χ3n) is 4.19. The molecule has 1 aromatic rings. The maximum Gasteiger partial charge on any atom is 0.254 e. The zero-order valence-corrected chi connectivity index (χ0v) is 12.6. The first-order chi connectivity index (χ1) is 9.30. The summed E-state index contributed by atoms with van der Waals surface area (Å²) in [5.41, 5.74) is 8.55. The van der Waals surface area contributed by atoms with Crippen molar-refractivity contribution in [1.29, 1.82) is 0 Å². The SMILES string of the molecule is Cc1cc(C)c(C(=O)N2CCCC(C)(O)CC2)cc1N. The largest absolute Gasteiger partial charge is 0.398 e. The molecule has 0 aromatic heterocycles. The van der Waals surface area contributed by atoms with Crippen molar-refractivity contribution in [2.75, 3.05) is 18.8 Å². The van der Waals surface area contributed by atoms with Crippen molar-refractivity contribution < 1.29 is 9.90 Å². The normalized spacial score (nSPS) is 23.5. The summed E-state index contributed by atoms with van der Waals surface area (Å²) in [6.07, 6.45) is 2.20. The molecule has 1 aliphatic rings. The molecule has 1 unspecified atom stereocenters. The van der Waals surface area contributed by atoms with Crippen LogP contribution < -0.4 is 5.73 Å². The van der Waals surface area contributed by atoms with Crippen molar-refractivity contribution in [3.8, 4) is 0 Å². The average molecular weight is 276 g/mol. The van der Waals surface area contributed by atoms with Gasteiger partial charge in [0.25, 0.3) is 5.91 Å². The highest BCUT2D eigenvalue weighted by Gasteiger charge is 2.28. The van der Waals surface area contributed by atoms with E-state index >= 15 is 0 Å². The van der Waals surface area contributed by atoms with Gasteiger partial charge in [0, 0.05) is 24.3 Å². The lowest BCUT2D eigenvalue weighted by Gasteiger charge is -2.23. The molecule has 1 fully saturated rings. The number of carbonyl (C=O) groups excluding carboxylic acids is 1. The average Bonchev–Trinajstić information content (AvgIpc) is 2.54. The number of benzene rings is 1. The fraction of sp³-hybridized carbons (Fsp3) is 0.562. The third-order valence-corrected chi connectivity index (χ3v) is 4.19. The third kappa shape index (κ3) is 3.12. The molecule has 1 aromatic carbocycles. The van der Waals surface area contributed by atoms with Gasteiger partial charge >= 0.3 is 0 Å². The van der Waals surface area contributed by atoms with Crippen LogP contribution in [0.5, 0.6) is 0 Å². The van der Waals surface area contributed by atoms with E-state index in [2.05, 4.69) is 0 Å². The number of nitrogens with two attached hydrogens (primary N) is 1. The van der Waals surface area contributed by atoms with Gasteiger partial charge in [-0.05, 0) is 57.2 Å². The van der Waals surface area contributed by atoms with Crippen LogP contribution >= 0.6 is 0 Å². The van der Waals surface area contributed by atoms with Crippen LogP contribution in [-0.2, 0) is 0 Å². The van der Waals surface area contributed by atoms with Gasteiger partial charge in [0.15, 0.2) is 0 Å². The number of hydrogen-bond donors (Lipinski definition) is 2. The Morgan fingerprint density at radius 3 is 2.65 bits per heavy atom. The zero-order valence-electron chi connectivity index (χ0n) is 12.6. The molecular weight excluding hydrogens is 252 g/mol. The van der Waals surface area contributed by atoms with Gasteiger partial charge in [0.05, 0.1) is 5.60 Å². The molecule has 1 aliphatic heterocycles. The van der Waals surface area contributed by atoms with Crippen LogP contribution in [0.4, 0.5) is 5.69 Å². The summed E-state index contributed by atoms with van der Waals surface area (Å²) in [7, 11) is 0. The molecule has 2 rings (SSSR count). The first-order valence-corrected chi connectivity index (χ1v) is 7.18. The fourth-order valence-corrected chi connectivity index (χ4v) is 2.74. The van der Waals surface area contributed by atoms with Crippen LogP contribution in [0.25, 0.3) is 0 Å². The number of rotatable bonds is 1. The number of carbonyl (C=O) groups is 1. The van der Waals surface area contributed by atoms with Crippen molar-refractivity contribution in [3.05, 3.63) is 28.8 Å². The molecule has 4 nitrogen and oxygen atoms in total. The Kier molecular flexibility index (Phi) is 4.04. The minimum atomic E-state index is -0.656. The molecule has 4 heteroatoms. The summed E-state index contributed by atoms with van der Waals surface area (Å²) in [6.45, 7) is 7.02. The van der Waals surface area contributed by atoms with Crippen molar-refractivity contribution in [2.24, 2.45) is 0 Å². The van der Waals surface area contributed by atoms with E-state index < -0.39 is 5.60 Å². The van der Waals surface area contributed by atoms with E-state index in [0.717, 1.165) is 24.0 Å². The van der Waals surface area contributed by atoms with Gasteiger partial charge in [-0.1, -0.05) is 6.07 Å². The summed E-state index contributed by atoms with van der Waals surface area (Å²) >= 11 is 0. The van der Waals surface area contributed by atoms with Gasteiger partial charge in [-0.3, -0.25) is 4.79 Å². The van der Waals surface area contributed by atoms with E-state index in [1.807, 2.05) is 31.7 Å². The highest BCUT2D eigenvalue weighted by atomic mass is 16.3. The van der Waals surface area contributed by atoms with Crippen LogP contribution in [0.2, 0.25) is 0 Å². The number of aryl methyl sites for hydroxylation is 2. The number of anilines is 1. The minimum absolute atomic E-state index is 0.0203. The molecule has 0 spiro atoms. The Hall–Kier alpha value is -1.55. The molecule has 110 valence electrons. The summed E-state index contributed by atoms with van der Waals surface area (Å²) in [4.78, 5) is 14.5. The van der Waals surface area contributed by atoms with Crippen LogP contribution in [-0.4, -0.2) is 34.6 Å². The first-order valence-electron chi connectivity index (χ1n) is 7.18. The van der Waals surface area contributed by atoms with Crippen molar-refractivity contribution in [3.63, 3.8) is 0 Å². The summed E-state index contributed by atoms with van der Waals surface area (Å²) in [5.74, 6) is 0.0203. The quantitative estimate of drug-likeness (QED) is 0.773. The molecule has 3 N–H and O–H groups in total. The standard InChI is InChI=1S/C16H24N2O2/c1-11-9-12(2)14(17)10-13(11)15(19)18-7-4-5-16(3,20)6-8-18/h9-10,20H,4-8,17H2,1-3H3. The van der Waals surface area contributed by atoms with Gasteiger partial charge < -0.3 is 15.7 Å². The lowest BCUT2D eigenvalue weighted by molar-refractivity contribution is 0.0438. The molecular formula is C16H24N2O2. The van der Waals surface area contributed by atoms with Crippen molar-refractivity contribution in [2.45, 2.75) is 45.6 Å². The van der Waals surface area contributed by atoms with E-state index in [9.17, 15) is 9.90 Å². The van der Waals surface area contributed by atoms with E-state index in [4.69, 9.17) is 5.73 Å². The summed E-state index contributed by atoms with van der Waals surface area (Å²) < 4.78 is 0. The Morgan fingerprint density at radius 2 is 1.95 bits per heavy atom. The van der Waals surface area contributed by atoms with E-state index in [-0.39, 0.29) is 5.91 Å². The van der Waals surface area contributed by atoms with Gasteiger partial charge in [-0.25, -0.2) is 0 Å². The lowest BCUT2D eigenvalue weighted by atomic mass is 9.98. The van der Waals surface area contributed by atoms with Crippen molar-refractivity contribution >= 4 is 11.6 Å². The maximum absolute atomic E-state index is 12.6. The van der Waals surface area contributed by atoms with Gasteiger partial charge in [-0.2, -0.15) is 0 Å². The van der Waals surface area contributed by atoms with Crippen molar-refractivity contribution in [1.82, 2.24) is 4.90 Å². The van der Waals surface area contributed by atoms with Crippen LogP contribution in [0.15, 0.2) is 12.1 Å². The number of hydrogen-bond acceptors (Lipinski definition) is 3. The van der Waals surface area contributed by atoms with E-state index in [0.29, 0.717) is 30.8 Å². The number of aliphatic hydroxyl groups is 1. The molecule has 0 radical (unpaired) electrons. The number of likely N-dealkylation sites (tertiary alicyclic amines) is 1. The topological polar surface area (TPSA) is 66.6 Å². The Bertz CT molecular complexity index is 523. The molecule has 1 atom stereocenters. The van der Waals surface area contributed by atoms with E-state index in [1.165, 1.54) is 0 Å². The Labute approximate surface area is 120 Å². The minimum Gasteiger partial charge on any atom is -0.398 e. The second-order valence-corrected chi connectivity index (χ2v) is 6.17. The molecule has 1 amide bonds. The zero-order chi connectivity index (χ0) is 14.9. The lowest BCUT2D eigenvalue weighted by Crippen LogP contribution is -2.34. The fourth-order valence-electron chi connectivity index (χ4n) is 2.74. The smallest absolute Gasteiger partial charge is 0.254 e. The van der Waals surface area contributed by atoms with Crippen LogP contribution in [0.3, 0.4) is 0 Å². The highest BCUT2D eigenvalue weighted by molar-refractivity contribution is 5.96. The monoisotopic (exact) mass is 276 g/mol. The molecule has 20 heavy (non-hydrogen) atoms. The van der Waals surface area contributed by atoms with Gasteiger partial charge in [0.2, 0.25) is 0 Å². The molecule has 1 saturated heterocycles. The molecule has 0 bridgehead atoms. The molecule has 0 aliphatic carbocycles. The highest BCUT2D eigenvalue weighted by Crippen LogP contribution is 2.24. The second kappa shape index (κ2) is 5.44. The molecule has 0 saturated carbocycles. The van der Waals surface area contributed by atoms with Gasteiger partial charge in [-0.15, -0.1) is 0 Å². The first kappa shape index (κ1) is 14.9. The maximum atomic E-state index is 12.6. The summed E-state index contributed by atoms with van der Waals surface area (Å²) in [6, 6.07) is 3.73. The number of nitrogen functional groups attached to an aromatic ring is 1. The predicted octanol–water partition coefficient (Wildman–Crippen LogP) is 2.26. The molecule has 1 heterocycles. The number of amides is 1. The predicted molar refractivity (Wildman–Crippen MR) is 80.7 cm³/mol. The van der Waals surface area contributed by atoms with Gasteiger partial charge in [0.1, 0.15) is 0 Å². The van der Waals surface area contributed by atoms with E-state index in [1.54, 1.807) is 6.07 Å². The summed E-state index contributed by atoms with van der Waals surface area (Å²) in [5, 5.41) is 10.1. The Balaban J connectivity index is 2.21. The Morgan fingerprint density at radius 1 is 1.25 bits per heavy atom. The second-order valence-electron chi connectivity index (χ2n) is 6.17. The number of nitrogens with zero attached hydrogens (tertiary/aromatic N) is 1.